The number of nitrogens with zero attached hydrogens (tertiary/aromatic N) is 3. The van der Waals surface area contributed by atoms with Crippen LogP contribution in [0.3, 0.4) is 0 Å². The van der Waals surface area contributed by atoms with Crippen LogP contribution in [0.25, 0.3) is 16.2 Å². The van der Waals surface area contributed by atoms with Crippen LogP contribution in [0.5, 0.6) is 0 Å². The van der Waals surface area contributed by atoms with Gasteiger partial charge in [-0.15, -0.1) is 11.3 Å². The number of aromatic nitrogens is 2. The molecule has 3 heterocycles. The summed E-state index contributed by atoms with van der Waals surface area (Å²) in [5.41, 5.74) is 3.98. The lowest BCUT2D eigenvalue weighted by Gasteiger charge is -2.00. The Labute approximate surface area is 115 Å². The molecule has 4 heteroatoms. The number of aryl methyl sites for hydroxylation is 2. The van der Waals surface area contributed by atoms with E-state index in [4.69, 9.17) is 5.26 Å². The van der Waals surface area contributed by atoms with E-state index in [1.165, 1.54) is 4.88 Å². The molecule has 3 nitrogen and oxygen atoms in total. The first-order chi connectivity index (χ1) is 9.19. The highest BCUT2D eigenvalue weighted by atomic mass is 32.1. The predicted molar refractivity (Wildman–Crippen MR) is 77.3 cm³/mol. The monoisotopic (exact) mass is 267 g/mol. The highest BCUT2D eigenvalue weighted by Crippen LogP contribution is 2.30. The van der Waals surface area contributed by atoms with E-state index in [9.17, 15) is 0 Å². The zero-order chi connectivity index (χ0) is 13.4. The minimum absolute atomic E-state index is 0.372. The van der Waals surface area contributed by atoms with Crippen molar-refractivity contribution in [2.45, 2.75) is 20.3 Å². The fourth-order valence-corrected chi connectivity index (χ4v) is 3.08. The topological polar surface area (TPSA) is 41.1 Å². The summed E-state index contributed by atoms with van der Waals surface area (Å²) in [5.74, 6) is 0. The molecular formula is C15H13N3S. The smallest absolute Gasteiger partial charge is 0.137 e. The Morgan fingerprint density at radius 1 is 1.26 bits per heavy atom. The number of pyridine rings is 1. The third kappa shape index (κ3) is 2.02. The number of thiophene rings is 1. The van der Waals surface area contributed by atoms with E-state index in [1.54, 1.807) is 11.3 Å². The molecule has 0 aliphatic rings. The molecule has 94 valence electrons. The second-order valence-corrected chi connectivity index (χ2v) is 5.87. The Bertz CT molecular complexity index is 789. The molecule has 0 aromatic carbocycles. The molecule has 0 amide bonds. The Balaban J connectivity index is 2.29. The van der Waals surface area contributed by atoms with Gasteiger partial charge in [0.25, 0.3) is 0 Å². The van der Waals surface area contributed by atoms with Gasteiger partial charge < -0.3 is 4.40 Å². The summed E-state index contributed by atoms with van der Waals surface area (Å²) in [5, 5.41) is 9.06. The zero-order valence-electron chi connectivity index (χ0n) is 10.8. The van der Waals surface area contributed by atoms with Gasteiger partial charge in [-0.2, -0.15) is 5.26 Å². The number of hydrogen-bond acceptors (Lipinski definition) is 3. The summed E-state index contributed by atoms with van der Waals surface area (Å²) in [4.78, 5) is 7.06. The van der Waals surface area contributed by atoms with Crippen LogP contribution in [-0.2, 0) is 6.42 Å². The fraction of sp³-hybridized carbons (Fsp3) is 0.200. The summed E-state index contributed by atoms with van der Waals surface area (Å²) in [6, 6.07) is 10.5. The Morgan fingerprint density at radius 2 is 2.11 bits per heavy atom. The number of nitriles is 1. The first-order valence-corrected chi connectivity index (χ1v) is 6.92. The van der Waals surface area contributed by atoms with Gasteiger partial charge in [-0.3, -0.25) is 0 Å². The Hall–Kier alpha value is -2.12. The van der Waals surface area contributed by atoms with Crippen LogP contribution in [0.15, 0.2) is 30.5 Å². The molecule has 0 saturated heterocycles. The second-order valence-electron chi connectivity index (χ2n) is 4.59. The average Bonchev–Trinajstić information content (AvgIpc) is 2.95. The minimum Gasteiger partial charge on any atom is -0.302 e. The predicted octanol–water partition coefficient (Wildman–Crippen LogP) is 3.75. The van der Waals surface area contributed by atoms with Crippen molar-refractivity contribution in [2.75, 3.05) is 0 Å². The summed E-state index contributed by atoms with van der Waals surface area (Å²) in [6.07, 6.45) is 2.41. The van der Waals surface area contributed by atoms with Gasteiger partial charge >= 0.3 is 0 Å². The van der Waals surface area contributed by atoms with E-state index in [2.05, 4.69) is 30.1 Å². The van der Waals surface area contributed by atoms with Crippen molar-refractivity contribution in [3.63, 3.8) is 0 Å². The number of hydrogen-bond donors (Lipinski definition) is 0. The molecule has 0 fully saturated rings. The number of imidazole rings is 1. The van der Waals surface area contributed by atoms with Crippen molar-refractivity contribution in [1.82, 2.24) is 9.38 Å². The molecule has 0 bridgehead atoms. The van der Waals surface area contributed by atoms with Crippen molar-refractivity contribution >= 4 is 17.0 Å². The van der Waals surface area contributed by atoms with Gasteiger partial charge in [-0.1, -0.05) is 6.07 Å². The van der Waals surface area contributed by atoms with E-state index in [1.807, 2.05) is 29.7 Å². The van der Waals surface area contributed by atoms with Crippen molar-refractivity contribution in [2.24, 2.45) is 0 Å². The maximum atomic E-state index is 9.06. The lowest BCUT2D eigenvalue weighted by Crippen LogP contribution is -1.93. The standard InChI is InChI=1S/C15H13N3S/c1-10-3-6-14-17-15(13-5-4-11(2)19-13)12(7-8-16)18(14)9-10/h3-6,9H,7H2,1-2H3. The zero-order valence-corrected chi connectivity index (χ0v) is 11.7. The molecule has 0 spiro atoms. The second kappa shape index (κ2) is 4.52. The van der Waals surface area contributed by atoms with Gasteiger partial charge in [-0.25, -0.2) is 4.98 Å². The van der Waals surface area contributed by atoms with Crippen molar-refractivity contribution < 1.29 is 0 Å². The highest BCUT2D eigenvalue weighted by Gasteiger charge is 2.15. The largest absolute Gasteiger partial charge is 0.302 e. The van der Waals surface area contributed by atoms with Crippen LogP contribution in [0, 0.1) is 25.2 Å². The van der Waals surface area contributed by atoms with E-state index < -0.39 is 0 Å². The maximum Gasteiger partial charge on any atom is 0.137 e. The van der Waals surface area contributed by atoms with Crippen LogP contribution >= 0.6 is 11.3 Å². The lowest BCUT2D eigenvalue weighted by molar-refractivity contribution is 1.04. The first-order valence-electron chi connectivity index (χ1n) is 6.10. The normalized spacial score (nSPS) is 10.8. The van der Waals surface area contributed by atoms with Crippen molar-refractivity contribution in [1.29, 1.82) is 5.26 Å². The molecule has 0 saturated carbocycles. The summed E-state index contributed by atoms with van der Waals surface area (Å²) in [7, 11) is 0. The van der Waals surface area contributed by atoms with Gasteiger partial charge in [-0.05, 0) is 37.6 Å². The molecule has 3 aromatic heterocycles. The third-order valence-electron chi connectivity index (χ3n) is 3.09. The van der Waals surface area contributed by atoms with Crippen LogP contribution < -0.4 is 0 Å². The van der Waals surface area contributed by atoms with Crippen molar-refractivity contribution in [3.8, 4) is 16.6 Å². The van der Waals surface area contributed by atoms with E-state index in [0.29, 0.717) is 6.42 Å². The van der Waals surface area contributed by atoms with Gasteiger partial charge in [0.1, 0.15) is 11.3 Å². The van der Waals surface area contributed by atoms with Gasteiger partial charge in [0, 0.05) is 11.1 Å². The Morgan fingerprint density at radius 3 is 2.79 bits per heavy atom. The maximum absolute atomic E-state index is 9.06. The molecule has 0 aliphatic carbocycles. The van der Waals surface area contributed by atoms with Crippen LogP contribution in [0.1, 0.15) is 16.1 Å². The van der Waals surface area contributed by atoms with Crippen molar-refractivity contribution in [3.05, 3.63) is 46.6 Å². The molecule has 19 heavy (non-hydrogen) atoms. The van der Waals surface area contributed by atoms with Gasteiger partial charge in [0.2, 0.25) is 0 Å². The van der Waals surface area contributed by atoms with Crippen LogP contribution in [0.4, 0.5) is 0 Å². The van der Waals surface area contributed by atoms with Crippen LogP contribution in [-0.4, -0.2) is 9.38 Å². The molecule has 0 N–H and O–H groups in total. The molecule has 0 aliphatic heterocycles. The first kappa shape index (κ1) is 11.9. The summed E-state index contributed by atoms with van der Waals surface area (Å²) >= 11 is 1.72. The van der Waals surface area contributed by atoms with Gasteiger partial charge in [0.15, 0.2) is 0 Å². The minimum atomic E-state index is 0.372. The highest BCUT2D eigenvalue weighted by molar-refractivity contribution is 7.15. The number of fused-ring (bicyclic) bond motifs is 1. The number of rotatable bonds is 2. The Kier molecular flexibility index (Phi) is 2.84. The van der Waals surface area contributed by atoms with E-state index in [-0.39, 0.29) is 0 Å². The quantitative estimate of drug-likeness (QED) is 0.709. The summed E-state index contributed by atoms with van der Waals surface area (Å²) in [6.45, 7) is 4.13. The lowest BCUT2D eigenvalue weighted by atomic mass is 10.2. The van der Waals surface area contributed by atoms with Crippen LogP contribution in [0.2, 0.25) is 0 Å². The van der Waals surface area contributed by atoms with E-state index >= 15 is 0 Å². The fourth-order valence-electron chi connectivity index (χ4n) is 2.20. The average molecular weight is 267 g/mol. The molecule has 3 rings (SSSR count). The third-order valence-corrected chi connectivity index (χ3v) is 4.09. The summed E-state index contributed by atoms with van der Waals surface area (Å²) < 4.78 is 2.03. The molecule has 0 radical (unpaired) electrons. The molecular weight excluding hydrogens is 254 g/mol. The molecule has 3 aromatic rings. The van der Waals surface area contributed by atoms with E-state index in [0.717, 1.165) is 27.5 Å². The molecule has 0 unspecified atom stereocenters. The SMILES string of the molecule is Cc1ccc2nc(-c3ccc(C)s3)c(CC#N)n2c1. The molecule has 0 atom stereocenters. The van der Waals surface area contributed by atoms with Gasteiger partial charge in [0.05, 0.1) is 23.1 Å².